The van der Waals surface area contributed by atoms with Crippen molar-refractivity contribution in [3.63, 3.8) is 0 Å². The maximum absolute atomic E-state index is 12.4. The van der Waals surface area contributed by atoms with Gasteiger partial charge in [-0.1, -0.05) is 11.6 Å². The van der Waals surface area contributed by atoms with Gasteiger partial charge in [0.1, 0.15) is 5.69 Å². The molecule has 7 heteroatoms. The Morgan fingerprint density at radius 2 is 2.17 bits per heavy atom. The molecule has 0 unspecified atom stereocenters. The van der Waals surface area contributed by atoms with E-state index in [1.807, 2.05) is 25.1 Å². The Morgan fingerprint density at radius 1 is 1.35 bits per heavy atom. The number of carbonyl (C=O) groups excluding carboxylic acids is 1. The van der Waals surface area contributed by atoms with E-state index >= 15 is 0 Å². The number of aromatic nitrogens is 3. The van der Waals surface area contributed by atoms with Gasteiger partial charge in [0, 0.05) is 24.3 Å². The van der Waals surface area contributed by atoms with Gasteiger partial charge >= 0.3 is 0 Å². The molecule has 3 aromatic heterocycles. The zero-order chi connectivity index (χ0) is 16.4. The third kappa shape index (κ3) is 3.49. The number of nitrogens with one attached hydrogen (secondary N) is 2. The lowest BCUT2D eigenvalue weighted by Crippen LogP contribution is -2.14. The molecular weight excluding hydrogens is 314 g/mol. The largest absolute Gasteiger partial charge is 0.348 e. The molecular formula is C16H16ClN5O. The second kappa shape index (κ2) is 6.36. The fourth-order valence-electron chi connectivity index (χ4n) is 2.35. The summed E-state index contributed by atoms with van der Waals surface area (Å²) in [6.07, 6.45) is 5.01. The summed E-state index contributed by atoms with van der Waals surface area (Å²) < 4.78 is 0. The maximum atomic E-state index is 12.4. The van der Waals surface area contributed by atoms with Crippen molar-refractivity contribution in [3.05, 3.63) is 53.2 Å². The van der Waals surface area contributed by atoms with Crippen LogP contribution in [0.4, 0.5) is 5.69 Å². The highest BCUT2D eigenvalue weighted by Gasteiger charge is 2.12. The van der Waals surface area contributed by atoms with Gasteiger partial charge in [0.15, 0.2) is 5.15 Å². The van der Waals surface area contributed by atoms with Gasteiger partial charge in [0.2, 0.25) is 0 Å². The van der Waals surface area contributed by atoms with E-state index in [2.05, 4.69) is 20.3 Å². The van der Waals surface area contributed by atoms with E-state index in [0.717, 1.165) is 17.5 Å². The fourth-order valence-corrected chi connectivity index (χ4v) is 2.56. The van der Waals surface area contributed by atoms with Crippen LogP contribution in [-0.2, 0) is 6.54 Å². The number of hydrogen-bond donors (Lipinski definition) is 2. The molecule has 0 radical (unpaired) electrons. The molecule has 3 rings (SSSR count). The first kappa shape index (κ1) is 15.5. The van der Waals surface area contributed by atoms with E-state index in [0.29, 0.717) is 22.1 Å². The number of rotatable bonds is 4. The number of fused-ring (bicyclic) bond motifs is 1. The van der Waals surface area contributed by atoms with Gasteiger partial charge in [0.05, 0.1) is 17.4 Å². The van der Waals surface area contributed by atoms with Crippen molar-refractivity contribution in [3.8, 4) is 0 Å². The highest BCUT2D eigenvalue weighted by molar-refractivity contribution is 6.34. The summed E-state index contributed by atoms with van der Waals surface area (Å²) in [7, 11) is 3.96. The Hall–Kier alpha value is -2.44. The number of halogens is 1. The number of nitrogens with zero attached hydrogens (tertiary/aromatic N) is 3. The monoisotopic (exact) mass is 329 g/mol. The lowest BCUT2D eigenvalue weighted by atomic mass is 10.2. The molecule has 0 aliphatic carbocycles. The average molecular weight is 330 g/mol. The molecule has 6 nitrogen and oxygen atoms in total. The van der Waals surface area contributed by atoms with Crippen molar-refractivity contribution in [2.75, 3.05) is 19.4 Å². The maximum Gasteiger partial charge on any atom is 0.272 e. The minimum Gasteiger partial charge on any atom is -0.348 e. The van der Waals surface area contributed by atoms with Gasteiger partial charge in [0.25, 0.3) is 5.91 Å². The molecule has 0 aromatic carbocycles. The first-order valence-corrected chi connectivity index (χ1v) is 7.44. The predicted molar refractivity (Wildman–Crippen MR) is 90.7 cm³/mol. The summed E-state index contributed by atoms with van der Waals surface area (Å²) in [4.78, 5) is 25.6. The zero-order valence-electron chi connectivity index (χ0n) is 12.8. The molecule has 0 aliphatic heterocycles. The summed E-state index contributed by atoms with van der Waals surface area (Å²) in [5, 5.41) is 4.02. The van der Waals surface area contributed by atoms with Crippen LogP contribution in [-0.4, -0.2) is 39.9 Å². The van der Waals surface area contributed by atoms with Gasteiger partial charge in [-0.2, -0.15) is 0 Å². The molecule has 3 heterocycles. The van der Waals surface area contributed by atoms with E-state index in [9.17, 15) is 4.79 Å². The Morgan fingerprint density at radius 3 is 2.91 bits per heavy atom. The highest BCUT2D eigenvalue weighted by atomic mass is 35.5. The van der Waals surface area contributed by atoms with Crippen molar-refractivity contribution in [2.24, 2.45) is 0 Å². The van der Waals surface area contributed by atoms with Crippen LogP contribution in [0.2, 0.25) is 5.15 Å². The summed E-state index contributed by atoms with van der Waals surface area (Å²) in [5.74, 6) is -0.249. The standard InChI is InChI=1S/C16H16ClN5O/c1-22(2)9-10-5-12(8-18-7-10)20-16(23)13-6-11-3-4-19-15(17)14(11)21-13/h3-8,21H,9H2,1-2H3,(H,20,23). The Balaban J connectivity index is 1.81. The number of carbonyl (C=O) groups is 1. The number of amides is 1. The van der Waals surface area contributed by atoms with Gasteiger partial charge in [-0.05, 0) is 37.9 Å². The average Bonchev–Trinajstić information content (AvgIpc) is 2.92. The van der Waals surface area contributed by atoms with E-state index in [1.54, 1.807) is 30.7 Å². The molecule has 0 atom stereocenters. The number of anilines is 1. The third-order valence-corrected chi connectivity index (χ3v) is 3.58. The van der Waals surface area contributed by atoms with Crippen LogP contribution in [0.5, 0.6) is 0 Å². The summed E-state index contributed by atoms with van der Waals surface area (Å²) >= 11 is 6.02. The molecule has 0 spiro atoms. The zero-order valence-corrected chi connectivity index (χ0v) is 13.6. The predicted octanol–water partition coefficient (Wildman–Crippen LogP) is 2.93. The van der Waals surface area contributed by atoms with Gasteiger partial charge in [-0.15, -0.1) is 0 Å². The minimum absolute atomic E-state index is 0.249. The number of pyridine rings is 2. The van der Waals surface area contributed by atoms with E-state index in [4.69, 9.17) is 11.6 Å². The second-order valence-electron chi connectivity index (χ2n) is 5.52. The lowest BCUT2D eigenvalue weighted by molar-refractivity contribution is 0.102. The second-order valence-corrected chi connectivity index (χ2v) is 5.88. The molecule has 2 N–H and O–H groups in total. The van der Waals surface area contributed by atoms with Crippen molar-refractivity contribution in [2.45, 2.75) is 6.54 Å². The van der Waals surface area contributed by atoms with Gasteiger partial charge < -0.3 is 15.2 Å². The van der Waals surface area contributed by atoms with Crippen LogP contribution < -0.4 is 5.32 Å². The molecule has 0 saturated heterocycles. The fraction of sp³-hybridized carbons (Fsp3) is 0.188. The topological polar surface area (TPSA) is 73.9 Å². The van der Waals surface area contributed by atoms with Crippen molar-refractivity contribution in [1.29, 1.82) is 0 Å². The first-order valence-electron chi connectivity index (χ1n) is 7.06. The third-order valence-electron chi connectivity index (χ3n) is 3.29. The number of H-pyrrole nitrogens is 1. The molecule has 118 valence electrons. The van der Waals surface area contributed by atoms with E-state index < -0.39 is 0 Å². The van der Waals surface area contributed by atoms with Crippen LogP contribution in [0.15, 0.2) is 36.8 Å². The van der Waals surface area contributed by atoms with Gasteiger partial charge in [-0.3, -0.25) is 9.78 Å². The lowest BCUT2D eigenvalue weighted by Gasteiger charge is -2.10. The SMILES string of the molecule is CN(C)Cc1cncc(NC(=O)c2cc3ccnc(Cl)c3[nH]2)c1. The quantitative estimate of drug-likeness (QED) is 0.722. The summed E-state index contributed by atoms with van der Waals surface area (Å²) in [6, 6.07) is 5.45. The minimum atomic E-state index is -0.249. The molecule has 23 heavy (non-hydrogen) atoms. The van der Waals surface area contributed by atoms with Crippen molar-refractivity contribution in [1.82, 2.24) is 19.9 Å². The molecule has 0 saturated carbocycles. The van der Waals surface area contributed by atoms with Crippen LogP contribution >= 0.6 is 11.6 Å². The van der Waals surface area contributed by atoms with Gasteiger partial charge in [-0.25, -0.2) is 4.98 Å². The van der Waals surface area contributed by atoms with Crippen LogP contribution in [0.1, 0.15) is 16.1 Å². The van der Waals surface area contributed by atoms with Crippen LogP contribution in [0.3, 0.4) is 0 Å². The summed E-state index contributed by atoms with van der Waals surface area (Å²) in [5.41, 5.74) is 2.75. The summed E-state index contributed by atoms with van der Waals surface area (Å²) in [6.45, 7) is 0.754. The van der Waals surface area contributed by atoms with Crippen LogP contribution in [0.25, 0.3) is 10.9 Å². The molecule has 0 fully saturated rings. The Kier molecular flexibility index (Phi) is 4.27. The Bertz CT molecular complexity index is 859. The van der Waals surface area contributed by atoms with Crippen molar-refractivity contribution >= 4 is 34.1 Å². The number of hydrogen-bond acceptors (Lipinski definition) is 4. The molecule has 1 amide bonds. The molecule has 0 bridgehead atoms. The van der Waals surface area contributed by atoms with E-state index in [1.165, 1.54) is 0 Å². The van der Waals surface area contributed by atoms with E-state index in [-0.39, 0.29) is 5.91 Å². The number of aromatic amines is 1. The van der Waals surface area contributed by atoms with Crippen molar-refractivity contribution < 1.29 is 4.79 Å². The normalized spacial score (nSPS) is 11.1. The Labute approximate surface area is 138 Å². The van der Waals surface area contributed by atoms with Crippen LogP contribution in [0, 0.1) is 0 Å². The smallest absolute Gasteiger partial charge is 0.272 e. The molecule has 0 aliphatic rings. The first-order chi connectivity index (χ1) is 11.0. The molecule has 3 aromatic rings. The highest BCUT2D eigenvalue weighted by Crippen LogP contribution is 2.21.